The van der Waals surface area contributed by atoms with E-state index < -0.39 is 5.78 Å². The Morgan fingerprint density at radius 1 is 0.700 bits per heavy atom. The first-order valence-corrected chi connectivity index (χ1v) is 12.2. The van der Waals surface area contributed by atoms with Crippen molar-refractivity contribution in [3.8, 4) is 34.3 Å². The Balaban J connectivity index is 0.000000162. The first-order chi connectivity index (χ1) is 19.3. The van der Waals surface area contributed by atoms with Crippen LogP contribution in [0, 0.1) is 6.92 Å². The summed E-state index contributed by atoms with van der Waals surface area (Å²) in [5.41, 5.74) is 1.95. The highest BCUT2D eigenvalue weighted by molar-refractivity contribution is 6.30. The Morgan fingerprint density at radius 2 is 1.40 bits per heavy atom. The number of benzene rings is 4. The molecule has 8 nitrogen and oxygen atoms in total. The number of carbonyl (C=O) groups is 2. The fourth-order valence-electron chi connectivity index (χ4n) is 4.72. The monoisotopic (exact) mass is 536 g/mol. The van der Waals surface area contributed by atoms with Crippen molar-refractivity contribution in [3.05, 3.63) is 117 Å². The second-order valence-corrected chi connectivity index (χ2v) is 9.06. The summed E-state index contributed by atoms with van der Waals surface area (Å²) in [5.74, 6) is -0.255. The van der Waals surface area contributed by atoms with Crippen LogP contribution in [0.2, 0.25) is 0 Å². The van der Waals surface area contributed by atoms with Crippen molar-refractivity contribution in [1.82, 2.24) is 0 Å². The van der Waals surface area contributed by atoms with E-state index in [0.717, 1.165) is 5.56 Å². The molecule has 0 atom stereocenters. The van der Waals surface area contributed by atoms with Crippen molar-refractivity contribution >= 4 is 22.5 Å². The van der Waals surface area contributed by atoms with Gasteiger partial charge in [-0.3, -0.25) is 14.4 Å². The Labute approximate surface area is 228 Å². The maximum atomic E-state index is 12.6. The maximum absolute atomic E-state index is 12.6. The molecule has 6 rings (SSSR count). The van der Waals surface area contributed by atoms with Crippen molar-refractivity contribution in [2.75, 3.05) is 14.2 Å². The number of phenolic OH excluding ortho intramolecular Hbond substituents is 2. The molecule has 1 aliphatic carbocycles. The molecule has 0 radical (unpaired) electrons. The first-order valence-electron chi connectivity index (χ1n) is 12.2. The van der Waals surface area contributed by atoms with Gasteiger partial charge in [0.25, 0.3) is 0 Å². The summed E-state index contributed by atoms with van der Waals surface area (Å²) in [6.07, 6.45) is 0. The van der Waals surface area contributed by atoms with Gasteiger partial charge in [0, 0.05) is 16.7 Å². The highest BCUT2D eigenvalue weighted by Crippen LogP contribution is 2.37. The highest BCUT2D eigenvalue weighted by atomic mass is 16.5. The molecule has 4 aromatic carbocycles. The van der Waals surface area contributed by atoms with Crippen LogP contribution in [-0.2, 0) is 0 Å². The molecule has 1 heterocycles. The van der Waals surface area contributed by atoms with Crippen LogP contribution in [0.15, 0.2) is 88.1 Å². The highest BCUT2D eigenvalue weighted by Gasteiger charge is 2.34. The molecule has 40 heavy (non-hydrogen) atoms. The zero-order valence-corrected chi connectivity index (χ0v) is 21.8. The first kappa shape index (κ1) is 26.2. The van der Waals surface area contributed by atoms with Gasteiger partial charge in [0.2, 0.25) is 17.0 Å². The van der Waals surface area contributed by atoms with Gasteiger partial charge >= 0.3 is 0 Å². The Hall–Kier alpha value is -5.37. The third-order valence-electron chi connectivity index (χ3n) is 6.55. The number of fused-ring (bicyclic) bond motifs is 3. The third kappa shape index (κ3) is 4.35. The summed E-state index contributed by atoms with van der Waals surface area (Å²) in [4.78, 5) is 37.3. The largest absolute Gasteiger partial charge is 0.507 e. The van der Waals surface area contributed by atoms with E-state index in [-0.39, 0.29) is 50.7 Å². The molecule has 0 amide bonds. The van der Waals surface area contributed by atoms with Gasteiger partial charge < -0.3 is 24.1 Å². The smallest absolute Gasteiger partial charge is 0.235 e. The predicted octanol–water partition coefficient (Wildman–Crippen LogP) is 5.66. The van der Waals surface area contributed by atoms with Gasteiger partial charge in [-0.05, 0) is 42.8 Å². The van der Waals surface area contributed by atoms with Crippen LogP contribution in [0.4, 0.5) is 0 Å². The number of ether oxygens (including phenoxy) is 2. The van der Waals surface area contributed by atoms with E-state index in [1.54, 1.807) is 38.3 Å². The normalized spacial score (nSPS) is 11.8. The lowest BCUT2D eigenvalue weighted by Crippen LogP contribution is -2.21. The van der Waals surface area contributed by atoms with Crippen LogP contribution >= 0.6 is 0 Å². The molecule has 1 aromatic heterocycles. The lowest BCUT2D eigenvalue weighted by molar-refractivity contribution is 0.0974. The molecule has 0 bridgehead atoms. The molecule has 1 aliphatic rings. The maximum Gasteiger partial charge on any atom is 0.235 e. The van der Waals surface area contributed by atoms with E-state index in [1.807, 2.05) is 30.3 Å². The van der Waals surface area contributed by atoms with Crippen LogP contribution in [0.3, 0.4) is 0 Å². The molecule has 0 saturated heterocycles. The summed E-state index contributed by atoms with van der Waals surface area (Å²) in [6.45, 7) is 1.73. The summed E-state index contributed by atoms with van der Waals surface area (Å²) in [5, 5.41) is 20.1. The Morgan fingerprint density at radius 3 is 2.10 bits per heavy atom. The number of ketones is 2. The number of aromatic hydroxyl groups is 2. The molecule has 0 unspecified atom stereocenters. The standard InChI is InChI=1S/C17H14O4.C15H10O4/c1-19-13-10-6-9-12-14(18)17(20-2)15(21-16(12)13)11-7-4-3-5-8-11;1-7-5-9-13(11(17)6-7)15(19)12-8(14(9)18)3-2-4-10(12)16/h3-10H,1-2H3;2-6,16-17H,1H3. The van der Waals surface area contributed by atoms with Crippen molar-refractivity contribution in [3.63, 3.8) is 0 Å². The number of rotatable bonds is 3. The summed E-state index contributed by atoms with van der Waals surface area (Å²) < 4.78 is 16.5. The quantitative estimate of drug-likeness (QED) is 0.297. The molecule has 0 spiro atoms. The van der Waals surface area contributed by atoms with E-state index in [9.17, 15) is 24.6 Å². The lowest BCUT2D eigenvalue weighted by atomic mass is 9.82. The van der Waals surface area contributed by atoms with Crippen LogP contribution in [-0.4, -0.2) is 36.0 Å². The average Bonchev–Trinajstić information content (AvgIpc) is 2.96. The number of hydrogen-bond acceptors (Lipinski definition) is 8. The summed E-state index contributed by atoms with van der Waals surface area (Å²) in [6, 6.07) is 21.9. The number of para-hydroxylation sites is 1. The summed E-state index contributed by atoms with van der Waals surface area (Å²) in [7, 11) is 3.01. The number of carbonyl (C=O) groups excluding carboxylic acids is 2. The van der Waals surface area contributed by atoms with Gasteiger partial charge in [0.1, 0.15) is 11.5 Å². The molecule has 200 valence electrons. The van der Waals surface area contributed by atoms with E-state index in [0.29, 0.717) is 28.0 Å². The topological polar surface area (TPSA) is 123 Å². The lowest BCUT2D eigenvalue weighted by Gasteiger charge is -2.19. The number of aryl methyl sites for hydroxylation is 1. The molecule has 5 aromatic rings. The van der Waals surface area contributed by atoms with Crippen molar-refractivity contribution in [2.45, 2.75) is 6.92 Å². The van der Waals surface area contributed by atoms with Crippen LogP contribution < -0.4 is 14.9 Å². The van der Waals surface area contributed by atoms with E-state index in [2.05, 4.69) is 0 Å². The summed E-state index contributed by atoms with van der Waals surface area (Å²) >= 11 is 0. The molecule has 0 saturated carbocycles. The third-order valence-corrected chi connectivity index (χ3v) is 6.55. The van der Waals surface area contributed by atoms with Gasteiger partial charge in [-0.25, -0.2) is 0 Å². The molecule has 0 aliphatic heterocycles. The SMILES string of the molecule is COc1c(-c2ccccc2)oc2c(OC)cccc2c1=O.Cc1cc(O)c2c(c1)C(=O)c1cccc(O)c1C2=O. The van der Waals surface area contributed by atoms with Gasteiger partial charge in [-0.15, -0.1) is 0 Å². The van der Waals surface area contributed by atoms with Crippen LogP contribution in [0.25, 0.3) is 22.3 Å². The second-order valence-electron chi connectivity index (χ2n) is 9.06. The van der Waals surface area contributed by atoms with Gasteiger partial charge in [-0.2, -0.15) is 0 Å². The van der Waals surface area contributed by atoms with Gasteiger partial charge in [-0.1, -0.05) is 48.5 Å². The number of methoxy groups -OCH3 is 2. The van der Waals surface area contributed by atoms with E-state index >= 15 is 0 Å². The van der Waals surface area contributed by atoms with Gasteiger partial charge in [0.05, 0.1) is 30.7 Å². The zero-order chi connectivity index (χ0) is 28.6. The zero-order valence-electron chi connectivity index (χ0n) is 21.8. The van der Waals surface area contributed by atoms with Crippen LogP contribution in [0.5, 0.6) is 23.0 Å². The fourth-order valence-corrected chi connectivity index (χ4v) is 4.72. The predicted molar refractivity (Wildman–Crippen MR) is 149 cm³/mol. The van der Waals surface area contributed by atoms with Gasteiger partial charge in [0.15, 0.2) is 22.9 Å². The minimum atomic E-state index is -0.528. The number of phenols is 2. The number of hydrogen-bond donors (Lipinski definition) is 2. The molecule has 8 heteroatoms. The minimum Gasteiger partial charge on any atom is -0.507 e. The molecule has 0 fully saturated rings. The van der Waals surface area contributed by atoms with Crippen molar-refractivity contribution in [2.24, 2.45) is 0 Å². The van der Waals surface area contributed by atoms with Crippen LogP contribution in [0.1, 0.15) is 37.4 Å². The van der Waals surface area contributed by atoms with Crippen molar-refractivity contribution in [1.29, 1.82) is 0 Å². The van der Waals surface area contributed by atoms with Crippen molar-refractivity contribution < 1.29 is 33.7 Å². The molecule has 2 N–H and O–H groups in total. The minimum absolute atomic E-state index is 0.0374. The fraction of sp³-hybridized carbons (Fsp3) is 0.0938. The average molecular weight is 537 g/mol. The molecular weight excluding hydrogens is 512 g/mol. The molecular formula is C32H24O8. The van der Waals surface area contributed by atoms with E-state index in [4.69, 9.17) is 13.9 Å². The Bertz CT molecular complexity index is 1850. The Kier molecular flexibility index (Phi) is 6.83. The second kappa shape index (κ2) is 10.4. The van der Waals surface area contributed by atoms with E-state index in [1.165, 1.54) is 31.4 Å².